The fourth-order valence-corrected chi connectivity index (χ4v) is 1.42. The van der Waals surface area contributed by atoms with E-state index in [1.165, 1.54) is 0 Å². The van der Waals surface area contributed by atoms with E-state index in [4.69, 9.17) is 4.18 Å². The highest BCUT2D eigenvalue weighted by Gasteiger charge is 2.01. The summed E-state index contributed by atoms with van der Waals surface area (Å²) in [6, 6.07) is 9.55. The maximum Gasteiger partial charge on any atom is 0.322 e. The quantitative estimate of drug-likeness (QED) is 0.575. The van der Waals surface area contributed by atoms with Crippen LogP contribution in [0.2, 0.25) is 0 Å². The molecule has 0 amide bonds. The van der Waals surface area contributed by atoms with Gasteiger partial charge in [-0.05, 0) is 26.0 Å². The highest BCUT2D eigenvalue weighted by molar-refractivity contribution is 7.95. The van der Waals surface area contributed by atoms with Gasteiger partial charge in [-0.15, -0.1) is 0 Å². The van der Waals surface area contributed by atoms with E-state index in [2.05, 4.69) is 0 Å². The Morgan fingerprint density at radius 3 is 2.60 bits per heavy atom. The van der Waals surface area contributed by atoms with Gasteiger partial charge in [0.2, 0.25) is 0 Å². The molecule has 0 radical (unpaired) electrons. The van der Waals surface area contributed by atoms with Crippen molar-refractivity contribution in [2.24, 2.45) is 0 Å². The summed E-state index contributed by atoms with van der Waals surface area (Å²) < 4.78 is 5.01. The van der Waals surface area contributed by atoms with Crippen molar-refractivity contribution >= 4 is 18.0 Å². The van der Waals surface area contributed by atoms with Crippen LogP contribution in [0.5, 0.6) is 0 Å². The second-order valence-corrected chi connectivity index (χ2v) is 4.14. The smallest absolute Gasteiger partial charge is 0.322 e. The predicted octanol–water partition coefficient (Wildman–Crippen LogP) is 3.59. The number of hydrogen-bond acceptors (Lipinski definition) is 3. The lowest BCUT2D eigenvalue weighted by Gasteiger charge is -2.00. The normalized spacial score (nSPS) is 9.47. The van der Waals surface area contributed by atoms with Crippen LogP contribution in [0.1, 0.15) is 20.3 Å². The Hall–Kier alpha value is -1.22. The first-order chi connectivity index (χ1) is 7.18. The Kier molecular flexibility index (Phi) is 4.98. The largest absolute Gasteiger partial charge is 0.386 e. The van der Waals surface area contributed by atoms with Crippen molar-refractivity contribution in [2.75, 3.05) is 0 Å². The van der Waals surface area contributed by atoms with Gasteiger partial charge in [0.15, 0.2) is 0 Å². The third-order valence-electron chi connectivity index (χ3n) is 1.65. The molecule has 0 atom stereocenters. The van der Waals surface area contributed by atoms with E-state index in [-0.39, 0.29) is 5.97 Å². The molecular formula is C12H14O2S. The number of carbonyl (C=O) groups is 1. The maximum absolute atomic E-state index is 11.2. The monoisotopic (exact) mass is 222 g/mol. The molecule has 0 aromatic heterocycles. The average molecular weight is 222 g/mol. The van der Waals surface area contributed by atoms with Crippen molar-refractivity contribution in [2.45, 2.75) is 25.2 Å². The molecule has 0 aliphatic heterocycles. The third-order valence-corrected chi connectivity index (χ3v) is 2.38. The first-order valence-electron chi connectivity index (χ1n) is 4.74. The molecule has 0 unspecified atom stereocenters. The molecule has 0 fully saturated rings. The van der Waals surface area contributed by atoms with Gasteiger partial charge in [-0.1, -0.05) is 29.8 Å². The van der Waals surface area contributed by atoms with Crippen molar-refractivity contribution in [3.63, 3.8) is 0 Å². The van der Waals surface area contributed by atoms with Gasteiger partial charge < -0.3 is 4.18 Å². The van der Waals surface area contributed by atoms with Crippen molar-refractivity contribution in [3.05, 3.63) is 42.0 Å². The Labute approximate surface area is 94.5 Å². The molecule has 0 aliphatic carbocycles. The molecule has 0 heterocycles. The fourth-order valence-electron chi connectivity index (χ4n) is 0.892. The van der Waals surface area contributed by atoms with Gasteiger partial charge in [-0.2, -0.15) is 0 Å². The minimum Gasteiger partial charge on any atom is -0.386 e. The van der Waals surface area contributed by atoms with Gasteiger partial charge >= 0.3 is 5.97 Å². The van der Waals surface area contributed by atoms with Crippen LogP contribution in [0.15, 0.2) is 46.9 Å². The van der Waals surface area contributed by atoms with E-state index >= 15 is 0 Å². The summed E-state index contributed by atoms with van der Waals surface area (Å²) in [6.07, 6.45) is 2.19. The molecule has 0 N–H and O–H groups in total. The molecule has 0 aliphatic rings. The van der Waals surface area contributed by atoms with Gasteiger partial charge in [-0.3, -0.25) is 4.79 Å². The molecule has 0 bridgehead atoms. The van der Waals surface area contributed by atoms with Gasteiger partial charge in [-0.25, -0.2) is 0 Å². The summed E-state index contributed by atoms with van der Waals surface area (Å²) >= 11 is 1.10. The maximum atomic E-state index is 11.2. The van der Waals surface area contributed by atoms with Gasteiger partial charge in [0.05, 0.1) is 18.5 Å². The lowest BCUT2D eigenvalue weighted by molar-refractivity contribution is -0.132. The Morgan fingerprint density at radius 2 is 2.00 bits per heavy atom. The molecule has 1 rings (SSSR count). The zero-order valence-corrected chi connectivity index (χ0v) is 9.71. The van der Waals surface area contributed by atoms with E-state index in [0.717, 1.165) is 22.5 Å². The summed E-state index contributed by atoms with van der Waals surface area (Å²) in [5, 5.41) is 0. The topological polar surface area (TPSA) is 26.3 Å². The van der Waals surface area contributed by atoms with Crippen LogP contribution < -0.4 is 0 Å². The lowest BCUT2D eigenvalue weighted by atomic mass is 10.3. The Bertz CT molecular complexity index is 340. The molecule has 15 heavy (non-hydrogen) atoms. The van der Waals surface area contributed by atoms with Gasteiger partial charge in [0.25, 0.3) is 0 Å². The van der Waals surface area contributed by atoms with Crippen molar-refractivity contribution in [3.8, 4) is 0 Å². The molecule has 1 aromatic rings. The summed E-state index contributed by atoms with van der Waals surface area (Å²) in [4.78, 5) is 12.2. The SMILES string of the molecule is CC(C)=CCC(=O)OSc1ccccc1. The molecule has 3 heteroatoms. The van der Waals surface area contributed by atoms with Crippen LogP contribution in [0.4, 0.5) is 0 Å². The molecule has 0 saturated heterocycles. The van der Waals surface area contributed by atoms with Crippen molar-refractivity contribution in [1.29, 1.82) is 0 Å². The zero-order valence-electron chi connectivity index (χ0n) is 8.90. The fraction of sp³-hybridized carbons (Fsp3) is 0.250. The molecule has 80 valence electrons. The van der Waals surface area contributed by atoms with Crippen molar-refractivity contribution in [1.82, 2.24) is 0 Å². The zero-order chi connectivity index (χ0) is 11.1. The van der Waals surface area contributed by atoms with Crippen molar-refractivity contribution < 1.29 is 8.98 Å². The van der Waals surface area contributed by atoms with Crippen LogP contribution in [0.3, 0.4) is 0 Å². The van der Waals surface area contributed by atoms with E-state index in [1.807, 2.05) is 50.3 Å². The van der Waals surface area contributed by atoms with E-state index < -0.39 is 0 Å². The standard InChI is InChI=1S/C12H14O2S/c1-10(2)8-9-12(13)14-15-11-6-4-3-5-7-11/h3-8H,9H2,1-2H3. The first-order valence-corrected chi connectivity index (χ1v) is 5.48. The van der Waals surface area contributed by atoms with E-state index in [0.29, 0.717) is 6.42 Å². The predicted molar refractivity (Wildman–Crippen MR) is 62.4 cm³/mol. The third kappa shape index (κ3) is 5.27. The minimum absolute atomic E-state index is 0.218. The highest BCUT2D eigenvalue weighted by Crippen LogP contribution is 2.18. The van der Waals surface area contributed by atoms with Crippen LogP contribution in [-0.2, 0) is 8.98 Å². The highest BCUT2D eigenvalue weighted by atomic mass is 32.2. The second kappa shape index (κ2) is 6.30. The van der Waals surface area contributed by atoms with Gasteiger partial charge in [0.1, 0.15) is 0 Å². The van der Waals surface area contributed by atoms with E-state index in [9.17, 15) is 4.79 Å². The van der Waals surface area contributed by atoms with Crippen LogP contribution in [-0.4, -0.2) is 5.97 Å². The number of hydrogen-bond donors (Lipinski definition) is 0. The van der Waals surface area contributed by atoms with Crippen LogP contribution in [0.25, 0.3) is 0 Å². The summed E-state index contributed by atoms with van der Waals surface area (Å²) in [7, 11) is 0. The molecular weight excluding hydrogens is 208 g/mol. The summed E-state index contributed by atoms with van der Waals surface area (Å²) in [6.45, 7) is 3.91. The van der Waals surface area contributed by atoms with Crippen LogP contribution >= 0.6 is 12.0 Å². The van der Waals surface area contributed by atoms with Gasteiger partial charge in [0, 0.05) is 4.90 Å². The Balaban J connectivity index is 2.32. The minimum atomic E-state index is -0.218. The summed E-state index contributed by atoms with van der Waals surface area (Å²) in [5.74, 6) is -0.218. The first kappa shape index (κ1) is 11.9. The van der Waals surface area contributed by atoms with Crippen LogP contribution in [0, 0.1) is 0 Å². The number of rotatable bonds is 4. The Morgan fingerprint density at radius 1 is 1.33 bits per heavy atom. The number of benzene rings is 1. The molecule has 1 aromatic carbocycles. The molecule has 0 spiro atoms. The molecule has 2 nitrogen and oxygen atoms in total. The summed E-state index contributed by atoms with van der Waals surface area (Å²) in [5.41, 5.74) is 1.12. The average Bonchev–Trinajstić information content (AvgIpc) is 2.25. The number of carbonyl (C=O) groups excluding carboxylic acids is 1. The lowest BCUT2D eigenvalue weighted by Crippen LogP contribution is -1.96. The van der Waals surface area contributed by atoms with E-state index in [1.54, 1.807) is 0 Å². The molecule has 0 saturated carbocycles. The number of allylic oxidation sites excluding steroid dienone is 1. The second-order valence-electron chi connectivity index (χ2n) is 3.34.